The lowest BCUT2D eigenvalue weighted by atomic mass is 9.95. The number of aromatic amines is 1. The Balaban J connectivity index is 1.16. The molecule has 0 unspecified atom stereocenters. The van der Waals surface area contributed by atoms with Crippen LogP contribution >= 0.6 is 11.3 Å². The summed E-state index contributed by atoms with van der Waals surface area (Å²) in [6.45, 7) is 6.97. The van der Waals surface area contributed by atoms with Crippen molar-refractivity contribution in [3.8, 4) is 28.0 Å². The molecule has 1 aliphatic heterocycles. The topological polar surface area (TPSA) is 110 Å². The van der Waals surface area contributed by atoms with E-state index in [0.29, 0.717) is 46.1 Å². The van der Waals surface area contributed by atoms with E-state index in [1.165, 1.54) is 23.5 Å². The zero-order valence-corrected chi connectivity index (χ0v) is 21.6. The summed E-state index contributed by atoms with van der Waals surface area (Å²) in [5, 5.41) is 0.710. The number of carbonyl (C=O) groups excluding carboxylic acids is 1. The van der Waals surface area contributed by atoms with Gasteiger partial charge in [-0.1, -0.05) is 0 Å². The molecule has 2 aliphatic rings. The fourth-order valence-electron chi connectivity index (χ4n) is 4.88. The number of piperidine rings is 1. The first kappa shape index (κ1) is 23.7. The molecule has 1 aliphatic carbocycles. The van der Waals surface area contributed by atoms with Crippen LogP contribution in [0.15, 0.2) is 48.8 Å². The molecule has 1 saturated heterocycles. The molecular weight excluding hydrogens is 491 g/mol. The number of ether oxygens (including phenoxy) is 1. The van der Waals surface area contributed by atoms with Crippen LogP contribution in [0.3, 0.4) is 0 Å². The average molecular weight is 519 g/mol. The molecule has 8 nitrogen and oxygen atoms in total. The number of imidazole rings is 1. The number of fused-ring (bicyclic) bond motifs is 1. The molecule has 4 aromatic rings. The van der Waals surface area contributed by atoms with E-state index in [1.807, 2.05) is 37.8 Å². The van der Waals surface area contributed by atoms with Gasteiger partial charge in [-0.2, -0.15) is 0 Å². The van der Waals surface area contributed by atoms with Gasteiger partial charge in [0.2, 0.25) is 5.88 Å². The smallest absolute Gasteiger partial charge is 0.265 e. The number of pyridine rings is 1. The highest BCUT2D eigenvalue weighted by Crippen LogP contribution is 2.48. The summed E-state index contributed by atoms with van der Waals surface area (Å²) in [5.41, 5.74) is 8.86. The van der Waals surface area contributed by atoms with Crippen molar-refractivity contribution in [2.24, 2.45) is 17.6 Å². The van der Waals surface area contributed by atoms with Gasteiger partial charge < -0.3 is 20.4 Å². The largest absolute Gasteiger partial charge is 0.474 e. The summed E-state index contributed by atoms with van der Waals surface area (Å²) in [6.07, 6.45) is 3.40. The molecule has 10 heteroatoms. The van der Waals surface area contributed by atoms with Gasteiger partial charge in [-0.05, 0) is 56.7 Å². The van der Waals surface area contributed by atoms with Crippen LogP contribution in [0.4, 0.5) is 4.39 Å². The Kier molecular flexibility index (Phi) is 5.61. The number of nitrogens with two attached hydrogens (primary N) is 1. The van der Waals surface area contributed by atoms with Gasteiger partial charge in [-0.15, -0.1) is 11.3 Å². The molecule has 0 bridgehead atoms. The summed E-state index contributed by atoms with van der Waals surface area (Å²) in [4.78, 5) is 32.3. The highest BCUT2D eigenvalue weighted by Gasteiger charge is 2.59. The molecule has 3 N–H and O–H groups in total. The second-order valence-corrected chi connectivity index (χ2v) is 11.3. The SMILES string of the molecule is Cc1nc(-c2ncc[nH]2)sc1C(=O)N1C[C@@H]2[C@H](C1)[C@@H]2Oc1cc(C(C)(C)N)cc(-c2ccc(F)cc2)n1. The van der Waals surface area contributed by atoms with E-state index in [4.69, 9.17) is 15.5 Å². The Bertz CT molecular complexity index is 1450. The number of carbonyl (C=O) groups is 1. The number of thiazole rings is 1. The van der Waals surface area contributed by atoms with Crippen molar-refractivity contribution in [2.75, 3.05) is 13.1 Å². The Morgan fingerprint density at radius 1 is 1.19 bits per heavy atom. The molecule has 4 heterocycles. The second kappa shape index (κ2) is 8.74. The number of aromatic nitrogens is 4. The average Bonchev–Trinajstić information content (AvgIpc) is 3.36. The van der Waals surface area contributed by atoms with E-state index in [2.05, 4.69) is 15.0 Å². The summed E-state index contributed by atoms with van der Waals surface area (Å²) in [7, 11) is 0. The fourth-order valence-corrected chi connectivity index (χ4v) is 5.87. The molecular formula is C27H27FN6O2S. The van der Waals surface area contributed by atoms with Gasteiger partial charge >= 0.3 is 0 Å². The number of nitrogens with zero attached hydrogens (tertiary/aromatic N) is 4. The number of rotatable bonds is 6. The predicted molar refractivity (Wildman–Crippen MR) is 139 cm³/mol. The number of benzene rings is 1. The Morgan fingerprint density at radius 3 is 2.57 bits per heavy atom. The van der Waals surface area contributed by atoms with Gasteiger partial charge in [0.25, 0.3) is 5.91 Å². The third-order valence-electron chi connectivity index (χ3n) is 7.04. The molecule has 1 saturated carbocycles. The highest BCUT2D eigenvalue weighted by atomic mass is 32.1. The first-order valence-electron chi connectivity index (χ1n) is 12.2. The lowest BCUT2D eigenvalue weighted by Gasteiger charge is -2.22. The molecule has 0 radical (unpaired) electrons. The summed E-state index contributed by atoms with van der Waals surface area (Å²) in [5.74, 6) is 1.38. The summed E-state index contributed by atoms with van der Waals surface area (Å²) >= 11 is 1.36. The maximum atomic E-state index is 13.4. The van der Waals surface area contributed by atoms with E-state index in [1.54, 1.807) is 24.5 Å². The van der Waals surface area contributed by atoms with Crippen LogP contribution < -0.4 is 10.5 Å². The third-order valence-corrected chi connectivity index (χ3v) is 8.19. The molecule has 190 valence electrons. The Hall–Kier alpha value is -3.63. The predicted octanol–water partition coefficient (Wildman–Crippen LogP) is 4.39. The minimum Gasteiger partial charge on any atom is -0.474 e. The van der Waals surface area contributed by atoms with Gasteiger partial charge in [0.05, 0.1) is 11.4 Å². The maximum absolute atomic E-state index is 13.4. The summed E-state index contributed by atoms with van der Waals surface area (Å²) < 4.78 is 19.8. The zero-order valence-electron chi connectivity index (χ0n) is 20.7. The highest BCUT2D eigenvalue weighted by molar-refractivity contribution is 7.17. The standard InChI is InChI=1S/C27H27FN6O2S/c1-14-23(37-25(32-14)24-30-8-9-31-24)26(35)34-12-18-19(13-34)22(18)36-21-11-16(27(2,3)29)10-20(33-21)15-4-6-17(28)7-5-15/h4-11,18-19,22H,12-13,29H2,1-3H3,(H,30,31)/t18-,19+,22-. The van der Waals surface area contributed by atoms with Crippen molar-refractivity contribution < 1.29 is 13.9 Å². The monoisotopic (exact) mass is 518 g/mol. The van der Waals surface area contributed by atoms with Crippen molar-refractivity contribution in [3.05, 3.63) is 70.7 Å². The minimum absolute atomic E-state index is 0.00218. The zero-order chi connectivity index (χ0) is 25.9. The van der Waals surface area contributed by atoms with Crippen molar-refractivity contribution in [1.82, 2.24) is 24.8 Å². The molecule has 3 aromatic heterocycles. The normalized spacial score (nSPS) is 20.7. The lowest BCUT2D eigenvalue weighted by molar-refractivity contribution is 0.0755. The van der Waals surface area contributed by atoms with Crippen LogP contribution in [0.25, 0.3) is 22.1 Å². The van der Waals surface area contributed by atoms with Gasteiger partial charge in [-0.3, -0.25) is 4.79 Å². The molecule has 6 rings (SSSR count). The van der Waals surface area contributed by atoms with Crippen LogP contribution in [0.1, 0.15) is 34.8 Å². The number of hydrogen-bond donors (Lipinski definition) is 2. The number of amides is 1. The third kappa shape index (κ3) is 4.51. The number of aryl methyl sites for hydroxylation is 1. The fraction of sp³-hybridized carbons (Fsp3) is 0.333. The van der Waals surface area contributed by atoms with E-state index in [-0.39, 0.29) is 29.7 Å². The van der Waals surface area contributed by atoms with Crippen LogP contribution in [-0.2, 0) is 5.54 Å². The quantitative estimate of drug-likeness (QED) is 0.392. The van der Waals surface area contributed by atoms with Crippen molar-refractivity contribution >= 4 is 17.2 Å². The van der Waals surface area contributed by atoms with Gasteiger partial charge in [0.15, 0.2) is 10.8 Å². The van der Waals surface area contributed by atoms with Crippen molar-refractivity contribution in [1.29, 1.82) is 0 Å². The number of likely N-dealkylation sites (tertiary alicyclic amines) is 1. The van der Waals surface area contributed by atoms with Gasteiger partial charge in [0, 0.05) is 54.5 Å². The first-order chi connectivity index (χ1) is 17.7. The molecule has 2 fully saturated rings. The second-order valence-electron chi connectivity index (χ2n) is 10.3. The van der Waals surface area contributed by atoms with Crippen molar-refractivity contribution in [3.63, 3.8) is 0 Å². The van der Waals surface area contributed by atoms with Crippen LogP contribution in [0.5, 0.6) is 5.88 Å². The first-order valence-corrected chi connectivity index (χ1v) is 13.0. The van der Waals surface area contributed by atoms with E-state index in [0.717, 1.165) is 11.1 Å². The van der Waals surface area contributed by atoms with Gasteiger partial charge in [0.1, 0.15) is 16.8 Å². The van der Waals surface area contributed by atoms with Gasteiger partial charge in [-0.25, -0.2) is 19.3 Å². The number of halogens is 1. The van der Waals surface area contributed by atoms with Crippen LogP contribution in [0.2, 0.25) is 0 Å². The molecule has 0 spiro atoms. The van der Waals surface area contributed by atoms with E-state index in [9.17, 15) is 9.18 Å². The number of H-pyrrole nitrogens is 1. The van der Waals surface area contributed by atoms with Crippen LogP contribution in [0, 0.1) is 24.6 Å². The minimum atomic E-state index is -0.598. The molecule has 3 atom stereocenters. The van der Waals surface area contributed by atoms with E-state index < -0.39 is 5.54 Å². The lowest BCUT2D eigenvalue weighted by Crippen LogP contribution is -2.33. The molecule has 37 heavy (non-hydrogen) atoms. The summed E-state index contributed by atoms with van der Waals surface area (Å²) in [6, 6.07) is 10.0. The Labute approximate surface area is 217 Å². The number of nitrogens with one attached hydrogen (secondary N) is 1. The van der Waals surface area contributed by atoms with Crippen molar-refractivity contribution in [2.45, 2.75) is 32.4 Å². The van der Waals surface area contributed by atoms with Crippen LogP contribution in [-0.4, -0.2) is 49.9 Å². The maximum Gasteiger partial charge on any atom is 0.265 e. The Morgan fingerprint density at radius 2 is 1.92 bits per heavy atom. The van der Waals surface area contributed by atoms with E-state index >= 15 is 0 Å². The molecule has 1 aromatic carbocycles. The molecule has 1 amide bonds. The number of hydrogen-bond acceptors (Lipinski definition) is 7.